The number of thioether (sulfide) groups is 1. The smallest absolute Gasteiger partial charge is 0.206 e. The molecule has 0 aliphatic carbocycles. The molecular weight excluding hydrogens is 308 g/mol. The normalized spacial score (nSPS) is 13.9. The number of carbonyl (C=O) groups excluding carboxylic acids is 1. The van der Waals surface area contributed by atoms with Gasteiger partial charge in [-0.15, -0.1) is 5.10 Å². The number of nitrogens with one attached hydrogen (secondary N) is 1. The van der Waals surface area contributed by atoms with E-state index in [4.69, 9.17) is 5.73 Å². The van der Waals surface area contributed by atoms with E-state index >= 15 is 0 Å². The van der Waals surface area contributed by atoms with Crippen LogP contribution in [0.25, 0.3) is 0 Å². The predicted molar refractivity (Wildman–Crippen MR) is 99.7 cm³/mol. The van der Waals surface area contributed by atoms with Gasteiger partial charge in [-0.1, -0.05) is 42.1 Å². The fourth-order valence-corrected chi connectivity index (χ4v) is 2.05. The van der Waals surface area contributed by atoms with E-state index in [1.807, 2.05) is 31.4 Å². The Labute approximate surface area is 141 Å². The van der Waals surface area contributed by atoms with Crippen LogP contribution in [0.15, 0.2) is 64.0 Å². The lowest BCUT2D eigenvalue weighted by Gasteiger charge is -2.03. The largest absolute Gasteiger partial charge is 0.402 e. The molecule has 0 atom stereocenters. The molecule has 0 heterocycles. The van der Waals surface area contributed by atoms with Crippen molar-refractivity contribution in [3.63, 3.8) is 0 Å². The van der Waals surface area contributed by atoms with Crippen molar-refractivity contribution in [1.82, 2.24) is 5.43 Å². The first-order valence-corrected chi connectivity index (χ1v) is 8.29. The van der Waals surface area contributed by atoms with Gasteiger partial charge in [-0.05, 0) is 33.1 Å². The van der Waals surface area contributed by atoms with Gasteiger partial charge in [0, 0.05) is 28.7 Å². The van der Waals surface area contributed by atoms with Crippen molar-refractivity contribution in [2.24, 2.45) is 15.8 Å². The van der Waals surface area contributed by atoms with Crippen LogP contribution in [0.5, 0.6) is 0 Å². The monoisotopic (exact) mass is 330 g/mol. The minimum absolute atomic E-state index is 0.0714. The van der Waals surface area contributed by atoms with E-state index in [0.29, 0.717) is 22.1 Å². The maximum atomic E-state index is 12.0. The molecule has 0 aromatic heterocycles. The maximum absolute atomic E-state index is 12.0. The Morgan fingerprint density at radius 2 is 1.83 bits per heavy atom. The quantitative estimate of drug-likeness (QED) is 0.285. The highest BCUT2D eigenvalue weighted by Gasteiger charge is 2.02. The van der Waals surface area contributed by atoms with E-state index in [9.17, 15) is 4.79 Å². The second-order valence-corrected chi connectivity index (χ2v) is 5.68. The summed E-state index contributed by atoms with van der Waals surface area (Å²) in [4.78, 5) is 16.4. The number of amidine groups is 1. The highest BCUT2D eigenvalue weighted by molar-refractivity contribution is 8.13. The van der Waals surface area contributed by atoms with Crippen LogP contribution in [0.2, 0.25) is 0 Å². The zero-order valence-corrected chi connectivity index (χ0v) is 14.6. The van der Waals surface area contributed by atoms with E-state index in [0.717, 1.165) is 5.71 Å². The van der Waals surface area contributed by atoms with Crippen molar-refractivity contribution in [3.05, 3.63) is 59.4 Å². The van der Waals surface area contributed by atoms with Gasteiger partial charge in [0.05, 0.1) is 0 Å². The van der Waals surface area contributed by atoms with Gasteiger partial charge >= 0.3 is 0 Å². The third kappa shape index (κ3) is 7.46. The Bertz CT molecular complexity index is 656. The second kappa shape index (κ2) is 9.63. The van der Waals surface area contributed by atoms with E-state index < -0.39 is 0 Å². The van der Waals surface area contributed by atoms with Crippen molar-refractivity contribution < 1.29 is 4.79 Å². The van der Waals surface area contributed by atoms with Gasteiger partial charge in [-0.25, -0.2) is 4.99 Å². The summed E-state index contributed by atoms with van der Waals surface area (Å²) in [5.74, 6) is -0.0714. The SMILES string of the molecule is CSC(=N\N/C(C)=C/C(=O)c1ccccc1)/N=C(C)/C=C(/C)N. The molecule has 122 valence electrons. The van der Waals surface area contributed by atoms with Gasteiger partial charge in [-0.2, -0.15) is 0 Å². The number of nitrogens with two attached hydrogens (primary N) is 1. The first kappa shape index (κ1) is 18.7. The van der Waals surface area contributed by atoms with Gasteiger partial charge in [0.1, 0.15) is 0 Å². The van der Waals surface area contributed by atoms with E-state index in [1.54, 1.807) is 32.1 Å². The van der Waals surface area contributed by atoms with Crippen molar-refractivity contribution in [2.75, 3.05) is 6.26 Å². The molecule has 0 saturated heterocycles. The summed E-state index contributed by atoms with van der Waals surface area (Å²) >= 11 is 1.40. The van der Waals surface area contributed by atoms with Crippen LogP contribution in [0.1, 0.15) is 31.1 Å². The van der Waals surface area contributed by atoms with Crippen LogP contribution >= 0.6 is 11.8 Å². The average molecular weight is 330 g/mol. The van der Waals surface area contributed by atoms with Crippen LogP contribution in [-0.2, 0) is 0 Å². The fraction of sp³-hybridized carbons (Fsp3) is 0.235. The Balaban J connectivity index is 2.78. The van der Waals surface area contributed by atoms with Crippen molar-refractivity contribution in [1.29, 1.82) is 0 Å². The first-order valence-electron chi connectivity index (χ1n) is 7.06. The van der Waals surface area contributed by atoms with Gasteiger partial charge in [-0.3, -0.25) is 10.2 Å². The fourth-order valence-electron chi connectivity index (χ4n) is 1.68. The Morgan fingerprint density at radius 3 is 2.39 bits per heavy atom. The summed E-state index contributed by atoms with van der Waals surface area (Å²) in [7, 11) is 0. The Hall–Kier alpha value is -2.34. The highest BCUT2D eigenvalue weighted by atomic mass is 32.2. The molecule has 0 unspecified atom stereocenters. The van der Waals surface area contributed by atoms with Crippen molar-refractivity contribution in [2.45, 2.75) is 20.8 Å². The Kier molecular flexibility index (Phi) is 7.83. The minimum atomic E-state index is -0.0714. The average Bonchev–Trinajstić information content (AvgIpc) is 2.51. The standard InChI is InChI=1S/C17H22N4OS/c1-12(18)10-13(2)19-17(23-4)21-20-14(3)11-16(22)15-8-6-5-7-9-15/h5-11,20H,18H2,1-4H3/b12-10-,14-11+,19-13+,21-17-. The van der Waals surface area contributed by atoms with Crippen LogP contribution in [-0.4, -0.2) is 22.9 Å². The van der Waals surface area contributed by atoms with Crippen molar-refractivity contribution in [3.8, 4) is 0 Å². The lowest BCUT2D eigenvalue weighted by atomic mass is 10.1. The molecule has 0 aliphatic heterocycles. The van der Waals surface area contributed by atoms with Gasteiger partial charge in [0.25, 0.3) is 0 Å². The summed E-state index contributed by atoms with van der Waals surface area (Å²) in [5.41, 5.74) is 11.2. The third-order valence-electron chi connectivity index (χ3n) is 2.62. The van der Waals surface area contributed by atoms with Crippen LogP contribution in [0.3, 0.4) is 0 Å². The van der Waals surface area contributed by atoms with Gasteiger partial charge < -0.3 is 5.73 Å². The van der Waals surface area contributed by atoms with E-state index in [1.165, 1.54) is 17.8 Å². The van der Waals surface area contributed by atoms with Gasteiger partial charge in [0.2, 0.25) is 5.17 Å². The molecule has 0 fully saturated rings. The molecule has 23 heavy (non-hydrogen) atoms. The minimum Gasteiger partial charge on any atom is -0.402 e. The molecule has 6 heteroatoms. The lowest BCUT2D eigenvalue weighted by Crippen LogP contribution is -2.08. The second-order valence-electron chi connectivity index (χ2n) is 4.91. The number of rotatable bonds is 5. The highest BCUT2D eigenvalue weighted by Crippen LogP contribution is 2.04. The molecule has 5 nitrogen and oxygen atoms in total. The summed E-state index contributed by atoms with van der Waals surface area (Å²) in [6.45, 7) is 5.43. The molecule has 0 saturated carbocycles. The number of carbonyl (C=O) groups is 1. The number of allylic oxidation sites excluding steroid dienone is 4. The van der Waals surface area contributed by atoms with E-state index in [-0.39, 0.29) is 5.78 Å². The molecule has 1 aromatic carbocycles. The zero-order valence-electron chi connectivity index (χ0n) is 13.8. The van der Waals surface area contributed by atoms with Crippen LogP contribution in [0, 0.1) is 0 Å². The predicted octanol–water partition coefficient (Wildman–Crippen LogP) is 3.32. The number of nitrogens with zero attached hydrogens (tertiary/aromatic N) is 2. The summed E-state index contributed by atoms with van der Waals surface area (Å²) in [6.07, 6.45) is 5.16. The molecule has 0 amide bonds. The third-order valence-corrected chi connectivity index (χ3v) is 3.17. The van der Waals surface area contributed by atoms with Crippen molar-refractivity contribution >= 4 is 28.4 Å². The maximum Gasteiger partial charge on any atom is 0.206 e. The molecule has 1 aromatic rings. The Morgan fingerprint density at radius 1 is 1.17 bits per heavy atom. The molecule has 3 N–H and O–H groups in total. The molecule has 1 rings (SSSR count). The number of aliphatic imine (C=N–C) groups is 1. The van der Waals surface area contributed by atoms with Crippen LogP contribution < -0.4 is 11.2 Å². The molecule has 0 aliphatic rings. The molecule has 0 bridgehead atoms. The first-order chi connectivity index (χ1) is 10.9. The summed E-state index contributed by atoms with van der Waals surface area (Å²) < 4.78 is 0. The molecule has 0 spiro atoms. The summed E-state index contributed by atoms with van der Waals surface area (Å²) in [5, 5.41) is 4.74. The lowest BCUT2D eigenvalue weighted by molar-refractivity contribution is 0.104. The van der Waals surface area contributed by atoms with Gasteiger partial charge in [0.15, 0.2) is 5.78 Å². The molecular formula is C17H22N4OS. The number of ketones is 1. The topological polar surface area (TPSA) is 79.8 Å². The number of benzene rings is 1. The number of hydrazone groups is 1. The number of hydrogen-bond donors (Lipinski definition) is 2. The number of hydrogen-bond acceptors (Lipinski definition) is 5. The zero-order chi connectivity index (χ0) is 17.2. The van der Waals surface area contributed by atoms with E-state index in [2.05, 4.69) is 15.5 Å². The summed E-state index contributed by atoms with van der Waals surface area (Å²) in [6, 6.07) is 9.09. The van der Waals surface area contributed by atoms with Crippen LogP contribution in [0.4, 0.5) is 0 Å². The molecule has 0 radical (unpaired) electrons.